The van der Waals surface area contributed by atoms with Crippen LogP contribution < -0.4 is 5.32 Å². The summed E-state index contributed by atoms with van der Waals surface area (Å²) in [6, 6.07) is 5.46. The normalized spacial score (nSPS) is 23.8. The number of nitrogens with one attached hydrogen (secondary N) is 1. The Balaban J connectivity index is 2.37. The third-order valence-corrected chi connectivity index (χ3v) is 6.14. The fraction of sp³-hybridized carbons (Fsp3) is 0.600. The zero-order valence-electron chi connectivity index (χ0n) is 12.3. The highest BCUT2D eigenvalue weighted by Gasteiger charge is 2.37. The first-order valence-corrected chi connectivity index (χ1v) is 8.63. The van der Waals surface area contributed by atoms with Gasteiger partial charge in [0.25, 0.3) is 0 Å². The van der Waals surface area contributed by atoms with Crippen molar-refractivity contribution in [1.29, 1.82) is 0 Å². The zero-order valence-corrected chi connectivity index (χ0v) is 13.2. The molecule has 2 unspecified atom stereocenters. The molecule has 0 aromatic heterocycles. The molecule has 0 radical (unpaired) electrons. The highest BCUT2D eigenvalue weighted by Crippen LogP contribution is 2.26. The van der Waals surface area contributed by atoms with Crippen molar-refractivity contribution in [2.45, 2.75) is 43.4 Å². The van der Waals surface area contributed by atoms with Crippen LogP contribution in [0.3, 0.4) is 0 Å². The van der Waals surface area contributed by atoms with Crippen LogP contribution in [-0.4, -0.2) is 39.5 Å². The summed E-state index contributed by atoms with van der Waals surface area (Å²) in [6.07, 6.45) is 0.739. The standard InChI is InChI=1S/C15H23NO3S/c1-4-16-13-7-8-19-10-15(13)20(17,18)14-6-5-11(2)9-12(14)3/h5-6,9,13,15-16H,4,7-8,10H2,1-3H3. The maximum Gasteiger partial charge on any atom is 0.185 e. The van der Waals surface area contributed by atoms with Crippen LogP contribution >= 0.6 is 0 Å². The van der Waals surface area contributed by atoms with Gasteiger partial charge in [0.15, 0.2) is 9.84 Å². The molecule has 1 aromatic rings. The molecule has 1 N–H and O–H groups in total. The van der Waals surface area contributed by atoms with Gasteiger partial charge in [0.1, 0.15) is 5.25 Å². The molecule has 2 rings (SSSR count). The number of sulfone groups is 1. The molecule has 0 spiro atoms. The van der Waals surface area contributed by atoms with Crippen LogP contribution in [0.4, 0.5) is 0 Å². The highest BCUT2D eigenvalue weighted by atomic mass is 32.2. The van der Waals surface area contributed by atoms with Gasteiger partial charge in [0.2, 0.25) is 0 Å². The Morgan fingerprint density at radius 3 is 2.75 bits per heavy atom. The fourth-order valence-electron chi connectivity index (χ4n) is 2.80. The molecule has 5 heteroatoms. The van der Waals surface area contributed by atoms with Crippen molar-refractivity contribution in [3.8, 4) is 0 Å². The van der Waals surface area contributed by atoms with Crippen molar-refractivity contribution in [3.05, 3.63) is 29.3 Å². The third-order valence-electron chi connectivity index (χ3n) is 3.81. The van der Waals surface area contributed by atoms with E-state index in [4.69, 9.17) is 4.74 Å². The summed E-state index contributed by atoms with van der Waals surface area (Å²) < 4.78 is 31.2. The number of aryl methyl sites for hydroxylation is 2. The zero-order chi connectivity index (χ0) is 14.8. The molecule has 1 saturated heterocycles. The summed E-state index contributed by atoms with van der Waals surface area (Å²) in [5.74, 6) is 0. The Hall–Kier alpha value is -0.910. The molecule has 0 aliphatic carbocycles. The Labute approximate surface area is 121 Å². The summed E-state index contributed by atoms with van der Waals surface area (Å²) in [7, 11) is -3.37. The summed E-state index contributed by atoms with van der Waals surface area (Å²) >= 11 is 0. The van der Waals surface area contributed by atoms with Gasteiger partial charge in [-0.25, -0.2) is 8.42 Å². The largest absolute Gasteiger partial charge is 0.380 e. The number of hydrogen-bond acceptors (Lipinski definition) is 4. The van der Waals surface area contributed by atoms with Crippen molar-refractivity contribution in [2.75, 3.05) is 19.8 Å². The molecule has 0 saturated carbocycles. The first kappa shape index (κ1) is 15.5. The maximum absolute atomic E-state index is 12.9. The van der Waals surface area contributed by atoms with E-state index in [0.717, 1.165) is 24.1 Å². The Morgan fingerprint density at radius 1 is 1.35 bits per heavy atom. The van der Waals surface area contributed by atoms with Gasteiger partial charge in [0.05, 0.1) is 11.5 Å². The Bertz CT molecular complexity index is 566. The minimum atomic E-state index is -3.37. The molecule has 0 amide bonds. The van der Waals surface area contributed by atoms with Crippen LogP contribution in [0.1, 0.15) is 24.5 Å². The van der Waals surface area contributed by atoms with E-state index >= 15 is 0 Å². The molecule has 1 fully saturated rings. The molecule has 1 aliphatic rings. The fourth-order valence-corrected chi connectivity index (χ4v) is 4.83. The molecule has 0 bridgehead atoms. The second-order valence-electron chi connectivity index (χ2n) is 5.38. The Kier molecular flexibility index (Phi) is 4.83. The minimum Gasteiger partial charge on any atom is -0.380 e. The van der Waals surface area contributed by atoms with Crippen LogP contribution in [0, 0.1) is 13.8 Å². The second-order valence-corrected chi connectivity index (χ2v) is 7.52. The topological polar surface area (TPSA) is 55.4 Å². The van der Waals surface area contributed by atoms with E-state index in [1.165, 1.54) is 0 Å². The van der Waals surface area contributed by atoms with Crippen LogP contribution in [-0.2, 0) is 14.6 Å². The molecule has 1 heterocycles. The average Bonchev–Trinajstić information content (AvgIpc) is 2.39. The number of ether oxygens (including phenoxy) is 1. The average molecular weight is 297 g/mol. The molecule has 20 heavy (non-hydrogen) atoms. The predicted octanol–water partition coefficient (Wildman–Crippen LogP) is 1.84. The second kappa shape index (κ2) is 6.24. The van der Waals surface area contributed by atoms with Crippen LogP contribution in [0.15, 0.2) is 23.1 Å². The van der Waals surface area contributed by atoms with Gasteiger partial charge in [-0.15, -0.1) is 0 Å². The lowest BCUT2D eigenvalue weighted by molar-refractivity contribution is 0.0812. The van der Waals surface area contributed by atoms with E-state index in [9.17, 15) is 8.42 Å². The van der Waals surface area contributed by atoms with Crippen molar-refractivity contribution < 1.29 is 13.2 Å². The van der Waals surface area contributed by atoms with Crippen LogP contribution in [0.25, 0.3) is 0 Å². The van der Waals surface area contributed by atoms with E-state index in [2.05, 4.69) is 5.32 Å². The molecular weight excluding hydrogens is 274 g/mol. The quantitative estimate of drug-likeness (QED) is 0.921. The summed E-state index contributed by atoms with van der Waals surface area (Å²) in [6.45, 7) is 7.48. The van der Waals surface area contributed by atoms with Gasteiger partial charge in [-0.05, 0) is 38.4 Å². The van der Waals surface area contributed by atoms with Gasteiger partial charge >= 0.3 is 0 Å². The van der Waals surface area contributed by atoms with Gasteiger partial charge in [-0.3, -0.25) is 0 Å². The smallest absolute Gasteiger partial charge is 0.185 e. The van der Waals surface area contributed by atoms with Gasteiger partial charge in [0, 0.05) is 12.6 Å². The third kappa shape index (κ3) is 3.05. The van der Waals surface area contributed by atoms with Gasteiger partial charge in [-0.1, -0.05) is 24.6 Å². The van der Waals surface area contributed by atoms with Gasteiger partial charge in [-0.2, -0.15) is 0 Å². The molecule has 1 aromatic carbocycles. The highest BCUT2D eigenvalue weighted by molar-refractivity contribution is 7.92. The summed E-state index contributed by atoms with van der Waals surface area (Å²) in [5.41, 5.74) is 1.88. The minimum absolute atomic E-state index is 0.0283. The lowest BCUT2D eigenvalue weighted by Gasteiger charge is -2.32. The van der Waals surface area contributed by atoms with E-state index < -0.39 is 15.1 Å². The monoisotopic (exact) mass is 297 g/mol. The molecule has 4 nitrogen and oxygen atoms in total. The SMILES string of the molecule is CCNC1CCOCC1S(=O)(=O)c1ccc(C)cc1C. The van der Waals surface area contributed by atoms with Crippen molar-refractivity contribution >= 4 is 9.84 Å². The van der Waals surface area contributed by atoms with Crippen LogP contribution in [0.2, 0.25) is 0 Å². The molecule has 1 aliphatic heterocycles. The Morgan fingerprint density at radius 2 is 2.10 bits per heavy atom. The van der Waals surface area contributed by atoms with E-state index in [1.54, 1.807) is 6.07 Å². The van der Waals surface area contributed by atoms with E-state index in [1.807, 2.05) is 32.9 Å². The first-order chi connectivity index (χ1) is 9.46. The van der Waals surface area contributed by atoms with Crippen molar-refractivity contribution in [3.63, 3.8) is 0 Å². The van der Waals surface area contributed by atoms with Gasteiger partial charge < -0.3 is 10.1 Å². The molecule has 112 valence electrons. The number of rotatable bonds is 4. The summed E-state index contributed by atoms with van der Waals surface area (Å²) in [4.78, 5) is 0.432. The van der Waals surface area contributed by atoms with Crippen molar-refractivity contribution in [1.82, 2.24) is 5.32 Å². The molecular formula is C15H23NO3S. The maximum atomic E-state index is 12.9. The van der Waals surface area contributed by atoms with Crippen LogP contribution in [0.5, 0.6) is 0 Å². The van der Waals surface area contributed by atoms with E-state index in [-0.39, 0.29) is 12.6 Å². The van der Waals surface area contributed by atoms with Crippen molar-refractivity contribution in [2.24, 2.45) is 0 Å². The first-order valence-electron chi connectivity index (χ1n) is 7.09. The predicted molar refractivity (Wildman–Crippen MR) is 79.8 cm³/mol. The summed E-state index contributed by atoms with van der Waals surface area (Å²) in [5, 5.41) is 2.78. The number of benzene rings is 1. The lowest BCUT2D eigenvalue weighted by atomic mass is 10.1. The lowest BCUT2D eigenvalue weighted by Crippen LogP contribution is -2.50. The van der Waals surface area contributed by atoms with E-state index in [0.29, 0.717) is 11.5 Å². The number of hydrogen-bond donors (Lipinski definition) is 1. The molecule has 2 atom stereocenters.